The Labute approximate surface area is 364 Å². The highest BCUT2D eigenvalue weighted by molar-refractivity contribution is 6.78. The Balaban J connectivity index is 1.19. The molecule has 312 valence electrons. The van der Waals surface area contributed by atoms with E-state index in [1.807, 2.05) is 0 Å². The fraction of sp³-hybridized carbons (Fsp3) is 0.474. The molecule has 3 heteroatoms. The minimum atomic E-state index is -0.0407. The maximum atomic E-state index is 3.05. The number of rotatable bonds is 6. The molecule has 0 saturated carbocycles. The molecule has 7 aliphatic rings. The van der Waals surface area contributed by atoms with Gasteiger partial charge in [0.2, 0.25) is 6.71 Å². The molecule has 0 spiro atoms. The summed E-state index contributed by atoms with van der Waals surface area (Å²) in [5.41, 5.74) is 16.5. The zero-order valence-electron chi connectivity index (χ0n) is 38.8. The van der Waals surface area contributed by atoms with Crippen molar-refractivity contribution in [2.75, 3.05) is 4.90 Å². The first-order valence-electron chi connectivity index (χ1n) is 23.5. The number of fused-ring (bicyclic) bond motifs is 4. The first kappa shape index (κ1) is 41.3. The van der Waals surface area contributed by atoms with Crippen molar-refractivity contribution in [3.8, 4) is 0 Å². The molecule has 2 nitrogen and oxygen atoms in total. The van der Waals surface area contributed by atoms with Gasteiger partial charge in [0.1, 0.15) is 0 Å². The minimum absolute atomic E-state index is 0.0369. The first-order chi connectivity index (χ1) is 28.4. The number of benzene rings is 2. The molecule has 5 atom stereocenters. The number of hydrogen-bond donors (Lipinski definition) is 0. The van der Waals surface area contributed by atoms with Crippen molar-refractivity contribution in [2.24, 2.45) is 16.7 Å². The van der Waals surface area contributed by atoms with Gasteiger partial charge < -0.3 is 4.90 Å². The van der Waals surface area contributed by atoms with E-state index in [-0.39, 0.29) is 21.7 Å². The Bertz CT molecular complexity index is 2300. The summed E-state index contributed by atoms with van der Waals surface area (Å²) in [7, 11) is 0. The Morgan fingerprint density at radius 3 is 2.10 bits per heavy atom. The molecule has 2 heterocycles. The van der Waals surface area contributed by atoms with Gasteiger partial charge in [-0.15, -0.1) is 0 Å². The average molecular weight is 795 g/mol. The summed E-state index contributed by atoms with van der Waals surface area (Å²) in [6, 6.07) is 22.1. The highest BCUT2D eigenvalue weighted by Gasteiger charge is 2.56. The predicted molar refractivity (Wildman–Crippen MR) is 258 cm³/mol. The van der Waals surface area contributed by atoms with Crippen LogP contribution >= 0.6 is 0 Å². The lowest BCUT2D eigenvalue weighted by Gasteiger charge is -2.59. The summed E-state index contributed by atoms with van der Waals surface area (Å²) in [4.78, 5) is 5.76. The molecular formula is C57H71BN2. The van der Waals surface area contributed by atoms with E-state index >= 15 is 0 Å². The van der Waals surface area contributed by atoms with E-state index < -0.39 is 0 Å². The van der Waals surface area contributed by atoms with Crippen LogP contribution < -0.4 is 4.90 Å². The first-order valence-corrected chi connectivity index (χ1v) is 23.5. The summed E-state index contributed by atoms with van der Waals surface area (Å²) in [6.07, 6.45) is 33.6. The fourth-order valence-corrected chi connectivity index (χ4v) is 12.1. The Hall–Kier alpha value is -4.08. The quantitative estimate of drug-likeness (QED) is 0.212. The molecule has 0 radical (unpaired) electrons. The maximum absolute atomic E-state index is 3.05. The number of hydrogen-bond acceptors (Lipinski definition) is 2. The van der Waals surface area contributed by atoms with Gasteiger partial charge in [0, 0.05) is 46.0 Å². The molecular weight excluding hydrogens is 723 g/mol. The van der Waals surface area contributed by atoms with Crippen molar-refractivity contribution < 1.29 is 0 Å². The molecule has 5 unspecified atom stereocenters. The van der Waals surface area contributed by atoms with Gasteiger partial charge in [-0.2, -0.15) is 0 Å². The van der Waals surface area contributed by atoms with E-state index in [1.54, 1.807) is 16.5 Å². The van der Waals surface area contributed by atoms with Crippen molar-refractivity contribution in [3.05, 3.63) is 171 Å². The van der Waals surface area contributed by atoms with E-state index in [4.69, 9.17) is 0 Å². The Kier molecular flexibility index (Phi) is 10.4. The van der Waals surface area contributed by atoms with Crippen LogP contribution in [-0.4, -0.2) is 29.7 Å². The predicted octanol–water partition coefficient (Wildman–Crippen LogP) is 14.5. The van der Waals surface area contributed by atoms with Gasteiger partial charge in [-0.05, 0) is 115 Å². The number of nitrogens with zero attached hydrogens (tertiary/aromatic N) is 2. The van der Waals surface area contributed by atoms with Crippen molar-refractivity contribution in [1.29, 1.82) is 0 Å². The van der Waals surface area contributed by atoms with Crippen LogP contribution in [0, 0.1) is 16.7 Å². The van der Waals surface area contributed by atoms with E-state index in [0.717, 1.165) is 38.5 Å². The SMILES string of the molecule is CC1=CC2=C3B(C4=CC(C(C)(C)C)CC=C4N2c2ccc(C(C)(C)C4=CCCC=C4)cc2)C2C=C(C(C)(C)C)C=CC2N(C2CC=C(C(C)(C)c4ccccc4)CC2)C3C1. The van der Waals surface area contributed by atoms with Crippen molar-refractivity contribution in [1.82, 2.24) is 4.90 Å². The van der Waals surface area contributed by atoms with Crippen LogP contribution in [0.4, 0.5) is 5.69 Å². The number of allylic oxidation sites excluding steroid dienone is 11. The molecule has 0 bridgehead atoms. The third-order valence-electron chi connectivity index (χ3n) is 15.9. The summed E-state index contributed by atoms with van der Waals surface area (Å²) in [6.45, 7) is 27.0. The molecule has 2 aromatic carbocycles. The lowest BCUT2D eigenvalue weighted by Crippen LogP contribution is -2.63. The molecule has 0 amide bonds. The largest absolute Gasteiger partial charge is 0.312 e. The zero-order chi connectivity index (χ0) is 42.4. The van der Waals surface area contributed by atoms with Gasteiger partial charge >= 0.3 is 0 Å². The smallest absolute Gasteiger partial charge is 0.220 e. The van der Waals surface area contributed by atoms with Crippen LogP contribution in [0.3, 0.4) is 0 Å². The molecule has 9 rings (SSSR count). The van der Waals surface area contributed by atoms with Crippen LogP contribution in [0.5, 0.6) is 0 Å². The molecule has 2 aliphatic heterocycles. The molecule has 1 fully saturated rings. The monoisotopic (exact) mass is 795 g/mol. The molecule has 0 N–H and O–H groups in total. The van der Waals surface area contributed by atoms with Crippen LogP contribution in [0.25, 0.3) is 0 Å². The van der Waals surface area contributed by atoms with Crippen LogP contribution in [0.15, 0.2) is 160 Å². The van der Waals surface area contributed by atoms with Crippen molar-refractivity contribution in [3.63, 3.8) is 0 Å². The van der Waals surface area contributed by atoms with E-state index in [1.165, 1.54) is 51.3 Å². The molecule has 2 aromatic rings. The second kappa shape index (κ2) is 15.1. The molecule has 1 saturated heterocycles. The van der Waals surface area contributed by atoms with Gasteiger partial charge in [0.25, 0.3) is 0 Å². The van der Waals surface area contributed by atoms with E-state index in [9.17, 15) is 0 Å². The molecule has 0 aromatic heterocycles. The summed E-state index contributed by atoms with van der Waals surface area (Å²) >= 11 is 0. The van der Waals surface area contributed by atoms with Gasteiger partial charge in [0.15, 0.2) is 0 Å². The second-order valence-electron chi connectivity index (χ2n) is 22.5. The van der Waals surface area contributed by atoms with Gasteiger partial charge in [-0.3, -0.25) is 4.90 Å². The van der Waals surface area contributed by atoms with E-state index in [0.29, 0.717) is 36.6 Å². The molecule has 60 heavy (non-hydrogen) atoms. The minimum Gasteiger partial charge on any atom is -0.312 e. The fourth-order valence-electron chi connectivity index (χ4n) is 12.1. The highest BCUT2D eigenvalue weighted by atomic mass is 15.2. The second-order valence-corrected chi connectivity index (χ2v) is 22.5. The lowest BCUT2D eigenvalue weighted by molar-refractivity contribution is 0.101. The topological polar surface area (TPSA) is 6.48 Å². The number of anilines is 1. The average Bonchev–Trinajstić information content (AvgIpc) is 3.23. The van der Waals surface area contributed by atoms with Crippen molar-refractivity contribution >= 4 is 12.4 Å². The van der Waals surface area contributed by atoms with Gasteiger partial charge in [-0.1, -0.05) is 188 Å². The summed E-state index contributed by atoms with van der Waals surface area (Å²) < 4.78 is 0. The van der Waals surface area contributed by atoms with Crippen LogP contribution in [-0.2, 0) is 10.8 Å². The maximum Gasteiger partial charge on any atom is 0.220 e. The third kappa shape index (κ3) is 7.09. The summed E-state index contributed by atoms with van der Waals surface area (Å²) in [5.74, 6) is 0.870. The van der Waals surface area contributed by atoms with Gasteiger partial charge in [-0.25, -0.2) is 0 Å². The summed E-state index contributed by atoms with van der Waals surface area (Å²) in [5, 5.41) is 0. The van der Waals surface area contributed by atoms with Gasteiger partial charge in [0.05, 0.1) is 0 Å². The zero-order valence-corrected chi connectivity index (χ0v) is 38.8. The van der Waals surface area contributed by atoms with Crippen LogP contribution in [0.2, 0.25) is 5.82 Å². The van der Waals surface area contributed by atoms with E-state index in [2.05, 4.69) is 201 Å². The third-order valence-corrected chi connectivity index (χ3v) is 15.9. The normalized spacial score (nSPS) is 27.2. The Morgan fingerprint density at radius 2 is 1.45 bits per heavy atom. The lowest BCUT2D eigenvalue weighted by atomic mass is 9.25. The van der Waals surface area contributed by atoms with Crippen molar-refractivity contribution in [2.45, 2.75) is 156 Å². The molecule has 5 aliphatic carbocycles. The Morgan fingerprint density at radius 1 is 0.717 bits per heavy atom. The van der Waals surface area contributed by atoms with Crippen LogP contribution in [0.1, 0.15) is 132 Å². The standard InChI is InChI=1S/C57H71BN2/c1-38-34-51-53-52(35-38)60(46-30-24-42(25-31-46)57(10,11)40-20-16-13-17-21-40)50-33-27-44(55(5,6)7)37-48(50)58(53)47-36-43(54(2,3)4)26-32-49(47)59(51)45-28-22-41(23-29-45)56(8,9)39-18-14-12-15-19-39/h12,14-16,18-22,24-26,30-33,35-37,44-45,47,49,51H,13,17,23,27-29,34H2,1-11H3. The highest BCUT2D eigenvalue weighted by Crippen LogP contribution is 2.56.